The van der Waals surface area contributed by atoms with Crippen LogP contribution in [-0.2, 0) is 0 Å². The van der Waals surface area contributed by atoms with Crippen molar-refractivity contribution in [2.45, 2.75) is 12.2 Å². The monoisotopic (exact) mass is 188 g/mol. The van der Waals surface area contributed by atoms with Gasteiger partial charge in [-0.3, -0.25) is 0 Å². The van der Waals surface area contributed by atoms with Crippen LogP contribution in [0.3, 0.4) is 0 Å². The average molecular weight is 188 g/mol. The van der Waals surface area contributed by atoms with E-state index < -0.39 is 0 Å². The summed E-state index contributed by atoms with van der Waals surface area (Å²) in [5.41, 5.74) is 1.28. The minimum atomic E-state index is 0.310. The summed E-state index contributed by atoms with van der Waals surface area (Å²) in [6.45, 7) is 2.09. The van der Waals surface area contributed by atoms with Crippen molar-refractivity contribution in [2.75, 3.05) is 0 Å². The van der Waals surface area contributed by atoms with E-state index in [1.807, 2.05) is 0 Å². The molecule has 0 amide bonds. The molecular weight excluding hydrogens is 176 g/mol. The van der Waals surface area contributed by atoms with E-state index in [9.17, 15) is 0 Å². The molecule has 1 heteroatoms. The summed E-state index contributed by atoms with van der Waals surface area (Å²) >= 11 is 4.41. The first kappa shape index (κ1) is 8.64. The molecule has 1 unspecified atom stereocenters. The smallest absolute Gasteiger partial charge is 0.0239 e. The Hall–Kier alpha value is -0.950. The highest BCUT2D eigenvalue weighted by Crippen LogP contribution is 2.23. The van der Waals surface area contributed by atoms with Crippen LogP contribution in [0.2, 0.25) is 0 Å². The molecule has 1 atom stereocenters. The summed E-state index contributed by atoms with van der Waals surface area (Å²) in [4.78, 5) is 0. The zero-order chi connectivity index (χ0) is 9.26. The molecule has 13 heavy (non-hydrogen) atoms. The first-order chi connectivity index (χ1) is 6.27. The molecule has 0 aliphatic carbocycles. The fourth-order valence-electron chi connectivity index (χ4n) is 1.47. The third-order valence-electron chi connectivity index (χ3n) is 2.26. The second-order valence-electron chi connectivity index (χ2n) is 3.28. The highest BCUT2D eigenvalue weighted by atomic mass is 32.1. The molecule has 0 nitrogen and oxygen atoms in total. The predicted octanol–water partition coefficient (Wildman–Crippen LogP) is 3.83. The Bertz CT molecular complexity index is 418. The van der Waals surface area contributed by atoms with E-state index in [0.29, 0.717) is 5.25 Å². The van der Waals surface area contributed by atoms with Gasteiger partial charge in [0.05, 0.1) is 0 Å². The number of thiol groups is 1. The van der Waals surface area contributed by atoms with Gasteiger partial charge in [0.15, 0.2) is 0 Å². The molecule has 0 aliphatic rings. The van der Waals surface area contributed by atoms with Crippen LogP contribution in [0.15, 0.2) is 42.5 Å². The molecule has 0 fully saturated rings. The third-order valence-corrected chi connectivity index (χ3v) is 2.55. The van der Waals surface area contributed by atoms with Crippen LogP contribution in [-0.4, -0.2) is 0 Å². The molecule has 0 heterocycles. The number of rotatable bonds is 1. The molecule has 66 valence electrons. The Kier molecular flexibility index (Phi) is 2.28. The third kappa shape index (κ3) is 1.70. The highest BCUT2D eigenvalue weighted by Gasteiger charge is 1.99. The number of benzene rings is 2. The van der Waals surface area contributed by atoms with Gasteiger partial charge >= 0.3 is 0 Å². The number of hydrogen-bond donors (Lipinski definition) is 1. The van der Waals surface area contributed by atoms with Crippen LogP contribution in [0.5, 0.6) is 0 Å². The van der Waals surface area contributed by atoms with Crippen molar-refractivity contribution in [2.24, 2.45) is 0 Å². The van der Waals surface area contributed by atoms with Crippen molar-refractivity contribution in [3.05, 3.63) is 48.0 Å². The molecule has 0 saturated heterocycles. The molecule has 2 aromatic rings. The molecular formula is C12H12S. The molecule has 2 aromatic carbocycles. The standard InChI is InChI=1S/C12H12S/c1-9(13)11-7-6-10-4-2-3-5-12(10)8-11/h2-9,13H,1H3. The van der Waals surface area contributed by atoms with Crippen molar-refractivity contribution < 1.29 is 0 Å². The maximum atomic E-state index is 4.41. The second-order valence-corrected chi connectivity index (χ2v) is 4.06. The van der Waals surface area contributed by atoms with E-state index in [-0.39, 0.29) is 0 Å². The van der Waals surface area contributed by atoms with Gasteiger partial charge in [0, 0.05) is 5.25 Å². The van der Waals surface area contributed by atoms with Gasteiger partial charge in [-0.15, -0.1) is 0 Å². The Balaban J connectivity index is 2.62. The minimum Gasteiger partial charge on any atom is -0.171 e. The fourth-order valence-corrected chi connectivity index (χ4v) is 1.63. The second kappa shape index (κ2) is 3.43. The van der Waals surface area contributed by atoms with Gasteiger partial charge in [-0.05, 0) is 23.3 Å². The molecule has 0 spiro atoms. The minimum absolute atomic E-state index is 0.310. The van der Waals surface area contributed by atoms with E-state index in [2.05, 4.69) is 62.0 Å². The largest absolute Gasteiger partial charge is 0.171 e. The maximum absolute atomic E-state index is 4.41. The lowest BCUT2D eigenvalue weighted by atomic mass is 10.1. The average Bonchev–Trinajstić information content (AvgIpc) is 2.17. The van der Waals surface area contributed by atoms with Gasteiger partial charge in [0.1, 0.15) is 0 Å². The van der Waals surface area contributed by atoms with Crippen LogP contribution < -0.4 is 0 Å². The fraction of sp³-hybridized carbons (Fsp3) is 0.167. The molecule has 0 aliphatic heterocycles. The summed E-state index contributed by atoms with van der Waals surface area (Å²) in [6, 6.07) is 14.9. The topological polar surface area (TPSA) is 0 Å². The summed E-state index contributed by atoms with van der Waals surface area (Å²) in [5.74, 6) is 0. The van der Waals surface area contributed by atoms with Gasteiger partial charge < -0.3 is 0 Å². The lowest BCUT2D eigenvalue weighted by Crippen LogP contribution is -1.83. The van der Waals surface area contributed by atoms with E-state index in [0.717, 1.165) is 0 Å². The van der Waals surface area contributed by atoms with Crippen molar-refractivity contribution in [1.82, 2.24) is 0 Å². The molecule has 0 radical (unpaired) electrons. The number of hydrogen-bond acceptors (Lipinski definition) is 1. The van der Waals surface area contributed by atoms with Gasteiger partial charge in [-0.1, -0.05) is 42.5 Å². The van der Waals surface area contributed by atoms with Crippen molar-refractivity contribution in [3.63, 3.8) is 0 Å². The highest BCUT2D eigenvalue weighted by molar-refractivity contribution is 7.80. The summed E-state index contributed by atoms with van der Waals surface area (Å²) in [5, 5.41) is 2.89. The Morgan fingerprint density at radius 1 is 1.00 bits per heavy atom. The van der Waals surface area contributed by atoms with Crippen LogP contribution >= 0.6 is 12.6 Å². The maximum Gasteiger partial charge on any atom is 0.0239 e. The van der Waals surface area contributed by atoms with Crippen LogP contribution in [0.25, 0.3) is 10.8 Å². The lowest BCUT2D eigenvalue weighted by Gasteiger charge is -2.05. The molecule has 0 bridgehead atoms. The normalized spacial score (nSPS) is 13.1. The van der Waals surface area contributed by atoms with E-state index in [4.69, 9.17) is 0 Å². The SMILES string of the molecule is CC(S)c1ccc2ccccc2c1. The van der Waals surface area contributed by atoms with Crippen molar-refractivity contribution in [1.29, 1.82) is 0 Å². The van der Waals surface area contributed by atoms with Gasteiger partial charge in [0.2, 0.25) is 0 Å². The van der Waals surface area contributed by atoms with Gasteiger partial charge in [-0.25, -0.2) is 0 Å². The Morgan fingerprint density at radius 2 is 1.69 bits per heavy atom. The Morgan fingerprint density at radius 3 is 2.38 bits per heavy atom. The lowest BCUT2D eigenvalue weighted by molar-refractivity contribution is 1.12. The quantitative estimate of drug-likeness (QED) is 0.646. The summed E-state index contributed by atoms with van der Waals surface area (Å²) in [6.07, 6.45) is 0. The summed E-state index contributed by atoms with van der Waals surface area (Å²) < 4.78 is 0. The van der Waals surface area contributed by atoms with Crippen LogP contribution in [0.4, 0.5) is 0 Å². The van der Waals surface area contributed by atoms with Crippen molar-refractivity contribution in [3.8, 4) is 0 Å². The zero-order valence-electron chi connectivity index (χ0n) is 7.57. The zero-order valence-corrected chi connectivity index (χ0v) is 8.46. The van der Waals surface area contributed by atoms with E-state index >= 15 is 0 Å². The molecule has 0 aromatic heterocycles. The first-order valence-electron chi connectivity index (χ1n) is 4.44. The first-order valence-corrected chi connectivity index (χ1v) is 4.96. The molecule has 0 saturated carbocycles. The molecule has 0 N–H and O–H groups in total. The predicted molar refractivity (Wildman–Crippen MR) is 61.3 cm³/mol. The van der Waals surface area contributed by atoms with E-state index in [1.165, 1.54) is 16.3 Å². The Labute approximate surface area is 84.0 Å². The summed E-state index contributed by atoms with van der Waals surface area (Å²) in [7, 11) is 0. The van der Waals surface area contributed by atoms with Crippen LogP contribution in [0, 0.1) is 0 Å². The molecule has 2 rings (SSSR count). The van der Waals surface area contributed by atoms with Crippen LogP contribution in [0.1, 0.15) is 17.7 Å². The van der Waals surface area contributed by atoms with Gasteiger partial charge in [0.25, 0.3) is 0 Å². The van der Waals surface area contributed by atoms with Crippen molar-refractivity contribution >= 4 is 23.4 Å². The van der Waals surface area contributed by atoms with E-state index in [1.54, 1.807) is 0 Å². The van der Waals surface area contributed by atoms with Gasteiger partial charge in [-0.2, -0.15) is 12.6 Å². The number of fused-ring (bicyclic) bond motifs is 1.